The van der Waals surface area contributed by atoms with Crippen LogP contribution in [0.15, 0.2) is 30.3 Å². The molecule has 1 aromatic rings. The van der Waals surface area contributed by atoms with Crippen LogP contribution >= 0.6 is 0 Å². The van der Waals surface area contributed by atoms with Gasteiger partial charge in [-0.05, 0) is 11.5 Å². The topological polar surface area (TPSA) is 47.3 Å². The van der Waals surface area contributed by atoms with E-state index in [1.54, 1.807) is 0 Å². The lowest BCUT2D eigenvalue weighted by molar-refractivity contribution is -0.136. The minimum atomic E-state index is -0.509. The van der Waals surface area contributed by atoms with E-state index in [2.05, 4.69) is 35.2 Å². The third-order valence-corrected chi connectivity index (χ3v) is 4.00. The highest BCUT2D eigenvalue weighted by atomic mass is 16.2. The summed E-state index contributed by atoms with van der Waals surface area (Å²) in [7, 11) is 0. The summed E-state index contributed by atoms with van der Waals surface area (Å²) in [5, 5.41) is 9.14. The number of amides is 1. The first-order chi connectivity index (χ1) is 10.1. The van der Waals surface area contributed by atoms with Gasteiger partial charge in [-0.25, -0.2) is 0 Å². The van der Waals surface area contributed by atoms with Gasteiger partial charge in [-0.3, -0.25) is 9.69 Å². The molecule has 1 fully saturated rings. The molecule has 0 radical (unpaired) electrons. The zero-order valence-electron chi connectivity index (χ0n) is 12.8. The molecule has 0 bridgehead atoms. The average molecular weight is 285 g/mol. The summed E-state index contributed by atoms with van der Waals surface area (Å²) in [4.78, 5) is 16.5. The largest absolute Gasteiger partial charge is 0.339 e. The molecule has 4 nitrogen and oxygen atoms in total. The fourth-order valence-electron chi connectivity index (χ4n) is 2.65. The van der Waals surface area contributed by atoms with Crippen molar-refractivity contribution in [3.05, 3.63) is 35.9 Å². The van der Waals surface area contributed by atoms with Gasteiger partial charge in [0.15, 0.2) is 0 Å². The van der Waals surface area contributed by atoms with E-state index < -0.39 is 5.92 Å². The van der Waals surface area contributed by atoms with Gasteiger partial charge in [-0.1, -0.05) is 44.2 Å². The third kappa shape index (κ3) is 4.05. The Labute approximate surface area is 127 Å². The zero-order valence-corrected chi connectivity index (χ0v) is 12.8. The highest BCUT2D eigenvalue weighted by Gasteiger charge is 2.29. The molecule has 1 heterocycles. The molecule has 112 valence electrons. The average Bonchev–Trinajstić information content (AvgIpc) is 2.49. The second kappa shape index (κ2) is 7.24. The van der Waals surface area contributed by atoms with Crippen molar-refractivity contribution >= 4 is 5.91 Å². The molecule has 1 aliphatic rings. The lowest BCUT2D eigenvalue weighted by Crippen LogP contribution is -2.50. The molecule has 1 aromatic carbocycles. The van der Waals surface area contributed by atoms with Gasteiger partial charge in [-0.15, -0.1) is 0 Å². The summed E-state index contributed by atoms with van der Waals surface area (Å²) in [6.07, 6.45) is 0. The van der Waals surface area contributed by atoms with E-state index >= 15 is 0 Å². The van der Waals surface area contributed by atoms with E-state index in [4.69, 9.17) is 5.26 Å². The first kappa shape index (κ1) is 15.5. The van der Waals surface area contributed by atoms with E-state index in [0.29, 0.717) is 0 Å². The summed E-state index contributed by atoms with van der Waals surface area (Å²) < 4.78 is 0. The Morgan fingerprint density at radius 2 is 1.81 bits per heavy atom. The first-order valence-electron chi connectivity index (χ1n) is 7.56. The standard InChI is InChI=1S/C17H23N3O/c1-14(2)16(12-18)17(21)20-10-8-19(9-11-20)13-15-6-4-3-5-7-15/h3-7,14,16H,8-11,13H2,1-2H3. The number of carbonyl (C=O) groups excluding carboxylic acids is 1. The van der Waals surface area contributed by atoms with E-state index in [1.807, 2.05) is 24.8 Å². The fourth-order valence-corrected chi connectivity index (χ4v) is 2.65. The first-order valence-corrected chi connectivity index (χ1v) is 7.56. The Morgan fingerprint density at radius 1 is 1.19 bits per heavy atom. The van der Waals surface area contributed by atoms with Crippen molar-refractivity contribution in [2.45, 2.75) is 20.4 Å². The van der Waals surface area contributed by atoms with Gasteiger partial charge in [-0.2, -0.15) is 5.26 Å². The van der Waals surface area contributed by atoms with Gasteiger partial charge in [0.05, 0.1) is 6.07 Å². The molecule has 1 unspecified atom stereocenters. The molecule has 0 saturated carbocycles. The van der Waals surface area contributed by atoms with Gasteiger partial charge in [0.1, 0.15) is 5.92 Å². The predicted molar refractivity (Wildman–Crippen MR) is 82.2 cm³/mol. The Balaban J connectivity index is 1.86. The number of carbonyl (C=O) groups is 1. The van der Waals surface area contributed by atoms with Crippen molar-refractivity contribution in [1.29, 1.82) is 5.26 Å². The number of nitrogens with zero attached hydrogens (tertiary/aromatic N) is 3. The second-order valence-electron chi connectivity index (χ2n) is 5.94. The monoisotopic (exact) mass is 285 g/mol. The SMILES string of the molecule is CC(C)C(C#N)C(=O)N1CCN(Cc2ccccc2)CC1. The Kier molecular flexibility index (Phi) is 5.35. The van der Waals surface area contributed by atoms with Crippen LogP contribution < -0.4 is 0 Å². The number of benzene rings is 1. The van der Waals surface area contributed by atoms with Crippen LogP contribution in [-0.4, -0.2) is 41.9 Å². The van der Waals surface area contributed by atoms with Gasteiger partial charge < -0.3 is 4.90 Å². The van der Waals surface area contributed by atoms with Gasteiger partial charge >= 0.3 is 0 Å². The number of hydrogen-bond acceptors (Lipinski definition) is 3. The number of rotatable bonds is 4. The maximum Gasteiger partial charge on any atom is 0.240 e. The molecule has 4 heteroatoms. The zero-order chi connectivity index (χ0) is 15.2. The number of nitriles is 1. The van der Waals surface area contributed by atoms with Crippen LogP contribution in [0.2, 0.25) is 0 Å². The van der Waals surface area contributed by atoms with E-state index in [-0.39, 0.29) is 11.8 Å². The molecule has 21 heavy (non-hydrogen) atoms. The van der Waals surface area contributed by atoms with Crippen LogP contribution in [0.1, 0.15) is 19.4 Å². The molecule has 1 amide bonds. The van der Waals surface area contributed by atoms with Crippen molar-refractivity contribution in [2.24, 2.45) is 11.8 Å². The molecule has 2 rings (SSSR count). The van der Waals surface area contributed by atoms with Gasteiger partial charge in [0, 0.05) is 32.7 Å². The van der Waals surface area contributed by atoms with Crippen LogP contribution in [0, 0.1) is 23.2 Å². The van der Waals surface area contributed by atoms with E-state index in [0.717, 1.165) is 32.7 Å². The van der Waals surface area contributed by atoms with Crippen molar-refractivity contribution in [3.8, 4) is 6.07 Å². The van der Waals surface area contributed by atoms with Crippen molar-refractivity contribution < 1.29 is 4.79 Å². The fraction of sp³-hybridized carbons (Fsp3) is 0.529. The third-order valence-electron chi connectivity index (χ3n) is 4.00. The molecular weight excluding hydrogens is 262 g/mol. The van der Waals surface area contributed by atoms with Crippen LogP contribution in [0.4, 0.5) is 0 Å². The van der Waals surface area contributed by atoms with Crippen LogP contribution in [0.3, 0.4) is 0 Å². The molecule has 0 spiro atoms. The predicted octanol–water partition coefficient (Wildman–Crippen LogP) is 2.13. The summed E-state index contributed by atoms with van der Waals surface area (Å²) in [6.45, 7) is 7.96. The summed E-state index contributed by atoms with van der Waals surface area (Å²) in [5.41, 5.74) is 1.30. The molecule has 0 aromatic heterocycles. The molecule has 1 atom stereocenters. The molecule has 0 aliphatic carbocycles. The molecule has 1 aliphatic heterocycles. The van der Waals surface area contributed by atoms with Crippen LogP contribution in [0.5, 0.6) is 0 Å². The highest BCUT2D eigenvalue weighted by Crippen LogP contribution is 2.16. The molecule has 0 N–H and O–H groups in total. The van der Waals surface area contributed by atoms with E-state index in [9.17, 15) is 4.79 Å². The lowest BCUT2D eigenvalue weighted by atomic mass is 9.95. The molecule has 1 saturated heterocycles. The van der Waals surface area contributed by atoms with Crippen LogP contribution in [0.25, 0.3) is 0 Å². The summed E-state index contributed by atoms with van der Waals surface area (Å²) in [5.74, 6) is -0.442. The Bertz CT molecular complexity index is 499. The van der Waals surface area contributed by atoms with Crippen molar-refractivity contribution in [3.63, 3.8) is 0 Å². The van der Waals surface area contributed by atoms with Crippen molar-refractivity contribution in [1.82, 2.24) is 9.80 Å². The normalized spacial score (nSPS) is 17.5. The van der Waals surface area contributed by atoms with Gasteiger partial charge in [0.2, 0.25) is 5.91 Å². The molecular formula is C17H23N3O. The summed E-state index contributed by atoms with van der Waals surface area (Å²) >= 11 is 0. The maximum absolute atomic E-state index is 12.3. The van der Waals surface area contributed by atoms with E-state index in [1.165, 1.54) is 5.56 Å². The minimum absolute atomic E-state index is 0.00754. The minimum Gasteiger partial charge on any atom is -0.339 e. The smallest absolute Gasteiger partial charge is 0.240 e. The Hall–Kier alpha value is -1.86. The second-order valence-corrected chi connectivity index (χ2v) is 5.94. The number of hydrogen-bond donors (Lipinski definition) is 0. The lowest BCUT2D eigenvalue weighted by Gasteiger charge is -2.36. The quantitative estimate of drug-likeness (QED) is 0.851. The van der Waals surface area contributed by atoms with Crippen LogP contribution in [-0.2, 0) is 11.3 Å². The van der Waals surface area contributed by atoms with Crippen molar-refractivity contribution in [2.75, 3.05) is 26.2 Å². The highest BCUT2D eigenvalue weighted by molar-refractivity contribution is 5.81. The Morgan fingerprint density at radius 3 is 2.33 bits per heavy atom. The number of piperazine rings is 1. The maximum atomic E-state index is 12.3. The van der Waals surface area contributed by atoms with Gasteiger partial charge in [0.25, 0.3) is 0 Å². The summed E-state index contributed by atoms with van der Waals surface area (Å²) in [6, 6.07) is 12.5.